The van der Waals surface area contributed by atoms with E-state index in [0.29, 0.717) is 0 Å². The Morgan fingerprint density at radius 1 is 0.909 bits per heavy atom. The van der Waals surface area contributed by atoms with Crippen LogP contribution in [0.5, 0.6) is 0 Å². The Morgan fingerprint density at radius 2 is 1.59 bits per heavy atom. The minimum atomic E-state index is 0.893. The topological polar surface area (TPSA) is 32.5 Å². The van der Waals surface area contributed by atoms with Crippen molar-refractivity contribution in [2.24, 2.45) is 0 Å². The van der Waals surface area contributed by atoms with Crippen LogP contribution in [0.25, 0.3) is 0 Å². The molecule has 0 aliphatic carbocycles. The summed E-state index contributed by atoms with van der Waals surface area (Å²) in [5, 5.41) is 0. The third-order valence-corrected chi connectivity index (χ3v) is 4.55. The molecule has 0 atom stereocenters. The van der Waals surface area contributed by atoms with E-state index >= 15 is 0 Å². The maximum absolute atomic E-state index is 6.00. The van der Waals surface area contributed by atoms with Gasteiger partial charge in [0, 0.05) is 44.1 Å². The van der Waals surface area contributed by atoms with Crippen molar-refractivity contribution in [1.82, 2.24) is 4.90 Å². The van der Waals surface area contributed by atoms with Gasteiger partial charge >= 0.3 is 0 Å². The summed E-state index contributed by atoms with van der Waals surface area (Å²) in [6.07, 6.45) is 0. The van der Waals surface area contributed by atoms with E-state index < -0.39 is 0 Å². The first-order chi connectivity index (χ1) is 10.6. The summed E-state index contributed by atoms with van der Waals surface area (Å²) in [6, 6.07) is 15.1. The maximum atomic E-state index is 6.00. The van der Waals surface area contributed by atoms with Crippen molar-refractivity contribution in [2.75, 3.05) is 36.8 Å². The molecular formula is C19H25N3. The number of nitrogens with two attached hydrogens (primary N) is 1. The fraction of sp³-hybridized carbons (Fsp3) is 0.368. The zero-order chi connectivity index (χ0) is 15.5. The predicted octanol–water partition coefficient (Wildman–Crippen LogP) is 3.21. The predicted molar refractivity (Wildman–Crippen MR) is 94.3 cm³/mol. The number of hydrogen-bond acceptors (Lipinski definition) is 3. The number of hydrogen-bond donors (Lipinski definition) is 1. The fourth-order valence-electron chi connectivity index (χ4n) is 3.15. The first-order valence-corrected chi connectivity index (χ1v) is 8.01. The monoisotopic (exact) mass is 295 g/mol. The van der Waals surface area contributed by atoms with Crippen LogP contribution in [0.15, 0.2) is 42.5 Å². The average molecular weight is 295 g/mol. The van der Waals surface area contributed by atoms with Gasteiger partial charge in [-0.3, -0.25) is 4.90 Å². The molecule has 0 saturated carbocycles. The summed E-state index contributed by atoms with van der Waals surface area (Å²) >= 11 is 0. The molecule has 22 heavy (non-hydrogen) atoms. The van der Waals surface area contributed by atoms with Gasteiger partial charge in [-0.25, -0.2) is 0 Å². The Morgan fingerprint density at radius 3 is 2.27 bits per heavy atom. The first-order valence-electron chi connectivity index (χ1n) is 8.01. The van der Waals surface area contributed by atoms with Crippen LogP contribution in [0.1, 0.15) is 16.7 Å². The molecule has 1 fully saturated rings. The van der Waals surface area contributed by atoms with Crippen molar-refractivity contribution in [2.45, 2.75) is 20.4 Å². The number of nitrogens with zero attached hydrogens (tertiary/aromatic N) is 2. The van der Waals surface area contributed by atoms with Crippen LogP contribution in [0.2, 0.25) is 0 Å². The van der Waals surface area contributed by atoms with Crippen molar-refractivity contribution >= 4 is 11.4 Å². The van der Waals surface area contributed by atoms with Crippen LogP contribution in [0.4, 0.5) is 11.4 Å². The lowest BCUT2D eigenvalue weighted by Gasteiger charge is -2.37. The van der Waals surface area contributed by atoms with Crippen LogP contribution in [0.3, 0.4) is 0 Å². The summed E-state index contributed by atoms with van der Waals surface area (Å²) < 4.78 is 0. The third kappa shape index (κ3) is 3.25. The van der Waals surface area contributed by atoms with Gasteiger partial charge in [-0.2, -0.15) is 0 Å². The van der Waals surface area contributed by atoms with E-state index in [1.165, 1.54) is 22.4 Å². The zero-order valence-corrected chi connectivity index (χ0v) is 13.5. The molecule has 1 heterocycles. The molecule has 116 valence electrons. The van der Waals surface area contributed by atoms with Crippen LogP contribution >= 0.6 is 0 Å². The molecule has 1 aliphatic rings. The zero-order valence-electron chi connectivity index (χ0n) is 13.5. The highest BCUT2D eigenvalue weighted by Crippen LogP contribution is 2.26. The van der Waals surface area contributed by atoms with E-state index in [2.05, 4.69) is 66.1 Å². The molecule has 3 heteroatoms. The van der Waals surface area contributed by atoms with E-state index in [-0.39, 0.29) is 0 Å². The molecule has 0 spiro atoms. The summed E-state index contributed by atoms with van der Waals surface area (Å²) in [4.78, 5) is 5.02. The van der Waals surface area contributed by atoms with E-state index in [1.54, 1.807) is 0 Å². The SMILES string of the molecule is Cc1cc(N2CCN(Cc3ccccc3)CC2)c(C)cc1N. The maximum Gasteiger partial charge on any atom is 0.0400 e. The molecule has 2 aromatic rings. The molecule has 3 rings (SSSR count). The molecule has 2 N–H and O–H groups in total. The highest BCUT2D eigenvalue weighted by atomic mass is 15.3. The standard InChI is InChI=1S/C19H25N3/c1-15-13-19(16(2)12-18(15)20)22-10-8-21(9-11-22)14-17-6-4-3-5-7-17/h3-7,12-13H,8-11,14,20H2,1-2H3. The molecule has 0 bridgehead atoms. The Hall–Kier alpha value is -2.00. The number of rotatable bonds is 3. The van der Waals surface area contributed by atoms with Gasteiger partial charge in [0.1, 0.15) is 0 Å². The Labute approximate surface area is 133 Å². The van der Waals surface area contributed by atoms with E-state index in [4.69, 9.17) is 5.73 Å². The molecule has 0 aromatic heterocycles. The Balaban J connectivity index is 1.63. The highest BCUT2D eigenvalue weighted by molar-refractivity contribution is 5.63. The van der Waals surface area contributed by atoms with Crippen LogP contribution in [0, 0.1) is 13.8 Å². The molecule has 0 amide bonds. The van der Waals surface area contributed by atoms with Crippen LogP contribution in [-0.4, -0.2) is 31.1 Å². The second-order valence-electron chi connectivity index (χ2n) is 6.24. The molecule has 3 nitrogen and oxygen atoms in total. The quantitative estimate of drug-likeness (QED) is 0.883. The van der Waals surface area contributed by atoms with E-state index in [0.717, 1.165) is 38.4 Å². The molecule has 1 aliphatic heterocycles. The lowest BCUT2D eigenvalue weighted by molar-refractivity contribution is 0.250. The number of anilines is 2. The number of nitrogen functional groups attached to an aromatic ring is 1. The second kappa shape index (κ2) is 6.41. The Kier molecular flexibility index (Phi) is 4.34. The third-order valence-electron chi connectivity index (χ3n) is 4.55. The van der Waals surface area contributed by atoms with Crippen molar-refractivity contribution in [3.05, 3.63) is 59.2 Å². The van der Waals surface area contributed by atoms with Crippen LogP contribution in [-0.2, 0) is 6.54 Å². The smallest absolute Gasteiger partial charge is 0.0400 e. The van der Waals surface area contributed by atoms with Gasteiger partial charge in [0.25, 0.3) is 0 Å². The second-order valence-corrected chi connectivity index (χ2v) is 6.24. The minimum absolute atomic E-state index is 0.893. The molecular weight excluding hydrogens is 270 g/mol. The average Bonchev–Trinajstić information content (AvgIpc) is 2.53. The summed E-state index contributed by atoms with van der Waals surface area (Å²) in [6.45, 7) is 9.67. The first kappa shape index (κ1) is 14.9. The van der Waals surface area contributed by atoms with Crippen molar-refractivity contribution in [1.29, 1.82) is 0 Å². The highest BCUT2D eigenvalue weighted by Gasteiger charge is 2.19. The lowest BCUT2D eigenvalue weighted by atomic mass is 10.1. The van der Waals surface area contributed by atoms with Crippen molar-refractivity contribution < 1.29 is 0 Å². The molecule has 0 radical (unpaired) electrons. The number of benzene rings is 2. The van der Waals surface area contributed by atoms with Gasteiger partial charge in [-0.1, -0.05) is 30.3 Å². The molecule has 1 saturated heterocycles. The molecule has 2 aromatic carbocycles. The van der Waals surface area contributed by atoms with Crippen molar-refractivity contribution in [3.8, 4) is 0 Å². The normalized spacial score (nSPS) is 16.0. The lowest BCUT2D eigenvalue weighted by Crippen LogP contribution is -2.46. The van der Waals surface area contributed by atoms with E-state index in [9.17, 15) is 0 Å². The van der Waals surface area contributed by atoms with Gasteiger partial charge in [-0.05, 0) is 42.7 Å². The fourth-order valence-corrected chi connectivity index (χ4v) is 3.15. The number of piperazine rings is 1. The molecule has 0 unspecified atom stereocenters. The van der Waals surface area contributed by atoms with Crippen molar-refractivity contribution in [3.63, 3.8) is 0 Å². The summed E-state index contributed by atoms with van der Waals surface area (Å²) in [7, 11) is 0. The van der Waals surface area contributed by atoms with Gasteiger partial charge in [0.15, 0.2) is 0 Å². The largest absolute Gasteiger partial charge is 0.399 e. The summed E-state index contributed by atoms with van der Waals surface area (Å²) in [5.41, 5.74) is 12.1. The van der Waals surface area contributed by atoms with Crippen LogP contribution < -0.4 is 10.6 Å². The van der Waals surface area contributed by atoms with E-state index in [1.807, 2.05) is 0 Å². The Bertz CT molecular complexity index is 629. The van der Waals surface area contributed by atoms with Gasteiger partial charge in [0.2, 0.25) is 0 Å². The van der Waals surface area contributed by atoms with Gasteiger partial charge in [0.05, 0.1) is 0 Å². The van der Waals surface area contributed by atoms with Gasteiger partial charge < -0.3 is 10.6 Å². The van der Waals surface area contributed by atoms with Gasteiger partial charge in [-0.15, -0.1) is 0 Å². The summed E-state index contributed by atoms with van der Waals surface area (Å²) in [5.74, 6) is 0. The number of aryl methyl sites for hydroxylation is 2. The minimum Gasteiger partial charge on any atom is -0.399 e.